The van der Waals surface area contributed by atoms with Gasteiger partial charge in [-0.15, -0.1) is 0 Å². The maximum Gasteiger partial charge on any atom is 0.276 e. The molecule has 4 aliphatic carbocycles. The Morgan fingerprint density at radius 1 is 1.32 bits per heavy atom. The van der Waals surface area contributed by atoms with Gasteiger partial charge < -0.3 is 14.9 Å². The Hall–Kier alpha value is -2.39. The van der Waals surface area contributed by atoms with Gasteiger partial charge in [0, 0.05) is 27.8 Å². The minimum absolute atomic E-state index is 0.0223. The molecule has 2 N–H and O–H groups in total. The van der Waals surface area contributed by atoms with Gasteiger partial charge in [0.05, 0.1) is 23.2 Å². The topological polar surface area (TPSA) is 127 Å². The average molecular weight is 544 g/mol. The first kappa shape index (κ1) is 27.2. The van der Waals surface area contributed by atoms with Gasteiger partial charge in [0.25, 0.3) is 5.69 Å². The molecule has 5 rings (SSSR count). The van der Waals surface area contributed by atoms with Gasteiger partial charge >= 0.3 is 0 Å². The van der Waals surface area contributed by atoms with Crippen LogP contribution in [0.2, 0.25) is 5.02 Å². The summed E-state index contributed by atoms with van der Waals surface area (Å²) in [6.07, 6.45) is 6.48. The van der Waals surface area contributed by atoms with Gasteiger partial charge in [-0.05, 0) is 67.7 Å². The van der Waals surface area contributed by atoms with Crippen molar-refractivity contribution in [3.05, 3.63) is 62.7 Å². The van der Waals surface area contributed by atoms with Crippen LogP contribution in [0.1, 0.15) is 52.0 Å². The second kappa shape index (κ2) is 9.37. The van der Waals surface area contributed by atoms with Crippen LogP contribution < -0.4 is 0 Å². The summed E-state index contributed by atoms with van der Waals surface area (Å²) in [5.74, 6) is -0.349. The highest BCUT2D eigenvalue weighted by atomic mass is 35.5. The summed E-state index contributed by atoms with van der Waals surface area (Å²) in [6, 6.07) is 4.25. The summed E-state index contributed by atoms with van der Waals surface area (Å²) in [6.45, 7) is 5.55. The van der Waals surface area contributed by atoms with Crippen molar-refractivity contribution in [1.82, 2.24) is 0 Å². The molecule has 0 aromatic heterocycles. The van der Waals surface area contributed by atoms with Crippen molar-refractivity contribution in [3.63, 3.8) is 0 Å². The van der Waals surface area contributed by atoms with Crippen LogP contribution in [0.25, 0.3) is 0 Å². The van der Waals surface area contributed by atoms with E-state index in [2.05, 4.69) is 13.8 Å². The predicted octanol–water partition coefficient (Wildman–Crippen LogP) is 4.59. The Labute approximate surface area is 226 Å². The Balaban J connectivity index is 1.35. The average Bonchev–Trinajstić information content (AvgIpc) is 3.12. The molecule has 0 amide bonds. The lowest BCUT2D eigenvalue weighted by Gasteiger charge is -2.60. The molecule has 8 nitrogen and oxygen atoms in total. The zero-order valence-electron chi connectivity index (χ0n) is 21.9. The first-order valence-corrected chi connectivity index (χ1v) is 13.6. The summed E-state index contributed by atoms with van der Waals surface area (Å²) >= 11 is 5.88. The molecule has 0 bridgehead atoms. The van der Waals surface area contributed by atoms with Crippen LogP contribution >= 0.6 is 11.6 Å². The van der Waals surface area contributed by atoms with Crippen LogP contribution in [0.5, 0.6) is 0 Å². The maximum absolute atomic E-state index is 13.5. The molecule has 0 saturated heterocycles. The van der Waals surface area contributed by atoms with Crippen LogP contribution in [0.15, 0.2) is 42.0 Å². The fourth-order valence-electron chi connectivity index (χ4n) is 8.41. The standard InChI is InChI=1S/C29H34ClNO7/c1-16-10-20-21-7-9-29(35,25(34)15-38-14-17-4-5-18(30)11-23(17)31(36)37)28(21,3)13-24(33)26(20)27(2)8-6-19(32)12-22(16)27/h4-6,8,11-12,16,20-21,24,26,33,35H,7,9-10,13-15H2,1-3H3/t16?,20-,21-,24?,26+,27-,28-,29-/m0/s1. The van der Waals surface area contributed by atoms with Gasteiger partial charge in [-0.1, -0.05) is 44.0 Å². The van der Waals surface area contributed by atoms with Crippen LogP contribution in [0.4, 0.5) is 5.69 Å². The molecule has 38 heavy (non-hydrogen) atoms. The summed E-state index contributed by atoms with van der Waals surface area (Å²) in [7, 11) is 0. The molecule has 0 heterocycles. The van der Waals surface area contributed by atoms with E-state index < -0.39 is 39.8 Å². The molecule has 4 aliphatic rings. The van der Waals surface area contributed by atoms with E-state index in [9.17, 15) is 29.9 Å². The number of nitrogens with zero attached hydrogens (tertiary/aromatic N) is 1. The lowest BCUT2D eigenvalue weighted by molar-refractivity contribution is -0.385. The highest BCUT2D eigenvalue weighted by molar-refractivity contribution is 6.30. The maximum atomic E-state index is 13.5. The first-order valence-electron chi connectivity index (χ1n) is 13.2. The summed E-state index contributed by atoms with van der Waals surface area (Å²) in [4.78, 5) is 36.4. The third kappa shape index (κ3) is 3.99. The molecule has 1 aromatic rings. The zero-order valence-corrected chi connectivity index (χ0v) is 22.6. The molecular formula is C29H34ClNO7. The number of ether oxygens (including phenoxy) is 1. The second-order valence-corrected chi connectivity index (χ2v) is 12.5. The van der Waals surface area contributed by atoms with E-state index in [0.29, 0.717) is 6.42 Å². The van der Waals surface area contributed by atoms with Crippen molar-refractivity contribution in [2.24, 2.45) is 34.5 Å². The molecule has 2 unspecified atom stereocenters. The molecule has 3 saturated carbocycles. The fraction of sp³-hybridized carbons (Fsp3) is 0.586. The monoisotopic (exact) mass is 543 g/mol. The van der Waals surface area contributed by atoms with E-state index in [-0.39, 0.29) is 65.2 Å². The summed E-state index contributed by atoms with van der Waals surface area (Å²) in [5, 5.41) is 35.0. The van der Waals surface area contributed by atoms with Crippen molar-refractivity contribution in [2.45, 2.75) is 64.8 Å². The van der Waals surface area contributed by atoms with Crippen LogP contribution in [0.3, 0.4) is 0 Å². The highest BCUT2D eigenvalue weighted by Gasteiger charge is 2.68. The van der Waals surface area contributed by atoms with Gasteiger partial charge in [0.1, 0.15) is 12.2 Å². The lowest BCUT2D eigenvalue weighted by atomic mass is 9.45. The van der Waals surface area contributed by atoms with E-state index in [4.69, 9.17) is 16.3 Å². The van der Waals surface area contributed by atoms with Gasteiger partial charge in [0.15, 0.2) is 11.6 Å². The van der Waals surface area contributed by atoms with Crippen molar-refractivity contribution in [2.75, 3.05) is 6.61 Å². The molecule has 204 valence electrons. The Bertz CT molecular complexity index is 1260. The number of allylic oxidation sites excluding steroid dienone is 4. The molecule has 0 radical (unpaired) electrons. The Morgan fingerprint density at radius 3 is 2.76 bits per heavy atom. The normalized spacial score (nSPS) is 39.7. The van der Waals surface area contributed by atoms with Crippen molar-refractivity contribution in [1.29, 1.82) is 0 Å². The molecular weight excluding hydrogens is 510 g/mol. The van der Waals surface area contributed by atoms with Crippen molar-refractivity contribution < 1.29 is 29.5 Å². The van der Waals surface area contributed by atoms with Crippen molar-refractivity contribution in [3.8, 4) is 0 Å². The van der Waals surface area contributed by atoms with Crippen LogP contribution in [-0.2, 0) is 20.9 Å². The number of ketones is 2. The van der Waals surface area contributed by atoms with Gasteiger partial charge in [-0.2, -0.15) is 0 Å². The van der Waals surface area contributed by atoms with E-state index in [1.165, 1.54) is 18.2 Å². The highest BCUT2D eigenvalue weighted by Crippen LogP contribution is 2.67. The number of Topliss-reactive ketones (excluding diaryl/α,β-unsaturated/α-hetero) is 1. The van der Waals surface area contributed by atoms with Gasteiger partial charge in [0.2, 0.25) is 0 Å². The van der Waals surface area contributed by atoms with Gasteiger partial charge in [-0.25, -0.2) is 0 Å². The number of hydrogen-bond donors (Lipinski definition) is 2. The number of aliphatic hydroxyl groups excluding tert-OH is 1. The molecule has 9 heteroatoms. The van der Waals surface area contributed by atoms with E-state index in [0.717, 1.165) is 12.0 Å². The largest absolute Gasteiger partial charge is 0.393 e. The molecule has 3 fully saturated rings. The predicted molar refractivity (Wildman–Crippen MR) is 140 cm³/mol. The minimum atomic E-state index is -1.67. The Kier molecular flexibility index (Phi) is 6.70. The number of halogens is 1. The van der Waals surface area contributed by atoms with E-state index >= 15 is 0 Å². The number of nitro benzene ring substituents is 1. The smallest absolute Gasteiger partial charge is 0.276 e. The number of rotatable bonds is 6. The molecule has 0 spiro atoms. The van der Waals surface area contributed by atoms with Crippen LogP contribution in [0, 0.1) is 44.6 Å². The SMILES string of the molecule is CC1C[C@@H]2[C@H](C(O)C[C@@]3(C)[C@H]2CC[C@]3(O)C(=O)COCc2ccc(Cl)cc2[N+](=O)[O-])[C@@]2(C)C=CC(=O)C=C12. The van der Waals surface area contributed by atoms with Crippen molar-refractivity contribution >= 4 is 28.9 Å². The summed E-state index contributed by atoms with van der Waals surface area (Å²) < 4.78 is 5.59. The number of carbonyl (C=O) groups excluding carboxylic acids is 2. The molecule has 1 aromatic carbocycles. The number of benzene rings is 1. The summed E-state index contributed by atoms with van der Waals surface area (Å²) in [5.41, 5.74) is -1.80. The fourth-order valence-corrected chi connectivity index (χ4v) is 8.58. The van der Waals surface area contributed by atoms with E-state index in [1.807, 2.05) is 13.0 Å². The number of aliphatic hydroxyl groups is 2. The van der Waals surface area contributed by atoms with Crippen LogP contribution in [-0.4, -0.2) is 45.0 Å². The number of hydrogen-bond acceptors (Lipinski definition) is 7. The van der Waals surface area contributed by atoms with E-state index in [1.54, 1.807) is 12.2 Å². The molecule has 8 atom stereocenters. The number of fused-ring (bicyclic) bond motifs is 5. The third-order valence-corrected chi connectivity index (χ3v) is 10.4. The number of nitro groups is 1. The zero-order chi connectivity index (χ0) is 27.6. The quantitative estimate of drug-likeness (QED) is 0.397. The lowest BCUT2D eigenvalue weighted by Crippen LogP contribution is -2.62. The Morgan fingerprint density at radius 2 is 2.05 bits per heavy atom. The third-order valence-electron chi connectivity index (χ3n) is 10.2. The number of carbonyl (C=O) groups is 2. The second-order valence-electron chi connectivity index (χ2n) is 12.1. The molecule has 0 aliphatic heterocycles. The van der Waals surface area contributed by atoms with Gasteiger partial charge in [-0.3, -0.25) is 19.7 Å². The first-order chi connectivity index (χ1) is 17.8. The minimum Gasteiger partial charge on any atom is -0.393 e.